The van der Waals surface area contributed by atoms with Crippen LogP contribution < -0.4 is 5.32 Å². The maximum atomic E-state index is 13.1. The molecule has 0 aliphatic rings. The summed E-state index contributed by atoms with van der Waals surface area (Å²) in [6.07, 6.45) is 0. The zero-order valence-corrected chi connectivity index (χ0v) is 12.4. The largest absolute Gasteiger partial charge is 0.352 e. The fraction of sp³-hybridized carbons (Fsp3) is 0. The molecule has 0 aliphatic carbocycles. The zero-order valence-electron chi connectivity index (χ0n) is 9.35. The Labute approximate surface area is 127 Å². The van der Waals surface area contributed by atoms with Crippen molar-refractivity contribution in [3.05, 3.63) is 56.2 Å². The number of hydrogen-bond donors (Lipinski definition) is 1. The van der Waals surface area contributed by atoms with Gasteiger partial charge < -0.3 is 5.32 Å². The SMILES string of the molecule is N#Cc1ccc(Br)cc1Nc1c(Cl)cc(F)cc1Cl. The van der Waals surface area contributed by atoms with Gasteiger partial charge in [-0.15, -0.1) is 0 Å². The van der Waals surface area contributed by atoms with E-state index in [9.17, 15) is 4.39 Å². The van der Waals surface area contributed by atoms with E-state index < -0.39 is 5.82 Å². The molecule has 0 amide bonds. The molecule has 0 saturated carbocycles. The topological polar surface area (TPSA) is 35.8 Å². The van der Waals surface area contributed by atoms with Crippen molar-refractivity contribution in [2.45, 2.75) is 0 Å². The number of nitrogens with zero attached hydrogens (tertiary/aromatic N) is 1. The zero-order chi connectivity index (χ0) is 14.0. The van der Waals surface area contributed by atoms with Gasteiger partial charge in [0.25, 0.3) is 0 Å². The van der Waals surface area contributed by atoms with Crippen molar-refractivity contribution in [1.82, 2.24) is 0 Å². The minimum Gasteiger partial charge on any atom is -0.352 e. The molecular weight excluding hydrogens is 354 g/mol. The van der Waals surface area contributed by atoms with Gasteiger partial charge in [-0.2, -0.15) is 5.26 Å². The lowest BCUT2D eigenvalue weighted by Crippen LogP contribution is -1.96. The lowest BCUT2D eigenvalue weighted by atomic mass is 10.2. The molecule has 6 heteroatoms. The van der Waals surface area contributed by atoms with Crippen LogP contribution in [-0.4, -0.2) is 0 Å². The summed E-state index contributed by atoms with van der Waals surface area (Å²) in [6.45, 7) is 0. The molecule has 2 aromatic rings. The predicted molar refractivity (Wildman–Crippen MR) is 78.6 cm³/mol. The molecule has 0 bridgehead atoms. The van der Waals surface area contributed by atoms with Gasteiger partial charge in [0.1, 0.15) is 11.9 Å². The van der Waals surface area contributed by atoms with Crippen molar-refractivity contribution in [3.8, 4) is 6.07 Å². The van der Waals surface area contributed by atoms with Gasteiger partial charge >= 0.3 is 0 Å². The minimum atomic E-state index is -0.518. The Hall–Kier alpha value is -1.28. The second-order valence-electron chi connectivity index (χ2n) is 3.67. The molecule has 2 aromatic carbocycles. The molecule has 2 rings (SSSR count). The lowest BCUT2D eigenvalue weighted by Gasteiger charge is -2.12. The summed E-state index contributed by atoms with van der Waals surface area (Å²) < 4.78 is 13.9. The summed E-state index contributed by atoms with van der Waals surface area (Å²) in [7, 11) is 0. The van der Waals surface area contributed by atoms with Gasteiger partial charge in [0.15, 0.2) is 0 Å². The van der Waals surface area contributed by atoms with Crippen LogP contribution in [0.15, 0.2) is 34.8 Å². The van der Waals surface area contributed by atoms with Gasteiger partial charge in [-0.1, -0.05) is 39.1 Å². The highest BCUT2D eigenvalue weighted by Gasteiger charge is 2.11. The third-order valence-electron chi connectivity index (χ3n) is 2.37. The van der Waals surface area contributed by atoms with E-state index in [1.807, 2.05) is 6.07 Å². The van der Waals surface area contributed by atoms with E-state index in [1.165, 1.54) is 0 Å². The Morgan fingerprint density at radius 2 is 1.79 bits per heavy atom. The van der Waals surface area contributed by atoms with Crippen molar-refractivity contribution in [2.24, 2.45) is 0 Å². The number of anilines is 2. The summed E-state index contributed by atoms with van der Waals surface area (Å²) in [5, 5.41) is 12.3. The van der Waals surface area contributed by atoms with Gasteiger partial charge in [0, 0.05) is 4.47 Å². The average molecular weight is 360 g/mol. The van der Waals surface area contributed by atoms with Crippen molar-refractivity contribution in [1.29, 1.82) is 5.26 Å². The molecule has 0 unspecified atom stereocenters. The molecule has 0 aromatic heterocycles. The molecule has 2 nitrogen and oxygen atoms in total. The Morgan fingerprint density at radius 3 is 2.37 bits per heavy atom. The molecule has 0 saturated heterocycles. The Morgan fingerprint density at radius 1 is 1.16 bits per heavy atom. The van der Waals surface area contributed by atoms with Gasteiger partial charge in [-0.3, -0.25) is 0 Å². The number of nitriles is 1. The summed E-state index contributed by atoms with van der Waals surface area (Å²) in [5.74, 6) is -0.518. The summed E-state index contributed by atoms with van der Waals surface area (Å²) in [5.41, 5.74) is 1.33. The van der Waals surface area contributed by atoms with Crippen LogP contribution in [0.2, 0.25) is 10.0 Å². The monoisotopic (exact) mass is 358 g/mol. The van der Waals surface area contributed by atoms with Gasteiger partial charge in [-0.05, 0) is 30.3 Å². The van der Waals surface area contributed by atoms with Gasteiger partial charge in [-0.25, -0.2) is 4.39 Å². The molecule has 0 spiro atoms. The quantitative estimate of drug-likeness (QED) is 0.767. The van der Waals surface area contributed by atoms with E-state index in [0.717, 1.165) is 16.6 Å². The maximum absolute atomic E-state index is 13.1. The van der Waals surface area contributed by atoms with Gasteiger partial charge in [0.05, 0.1) is 27.0 Å². The van der Waals surface area contributed by atoms with Crippen LogP contribution in [0.5, 0.6) is 0 Å². The highest BCUT2D eigenvalue weighted by Crippen LogP contribution is 2.35. The van der Waals surface area contributed by atoms with Crippen LogP contribution >= 0.6 is 39.1 Å². The number of benzene rings is 2. The van der Waals surface area contributed by atoms with Gasteiger partial charge in [0.2, 0.25) is 0 Å². The second kappa shape index (κ2) is 5.79. The summed E-state index contributed by atoms with van der Waals surface area (Å²) in [4.78, 5) is 0. The third-order valence-corrected chi connectivity index (χ3v) is 3.46. The van der Waals surface area contributed by atoms with Crippen LogP contribution in [0.1, 0.15) is 5.56 Å². The highest BCUT2D eigenvalue weighted by molar-refractivity contribution is 9.10. The fourth-order valence-corrected chi connectivity index (χ4v) is 2.43. The molecule has 1 N–H and O–H groups in total. The highest BCUT2D eigenvalue weighted by atomic mass is 79.9. The molecule has 0 heterocycles. The van der Waals surface area contributed by atoms with E-state index in [0.29, 0.717) is 16.9 Å². The third kappa shape index (κ3) is 3.19. The van der Waals surface area contributed by atoms with Crippen molar-refractivity contribution in [3.63, 3.8) is 0 Å². The first kappa shape index (κ1) is 14.1. The second-order valence-corrected chi connectivity index (χ2v) is 5.40. The Bertz CT molecular complexity index is 660. The number of halogens is 4. The summed E-state index contributed by atoms with van der Waals surface area (Å²) in [6, 6.07) is 9.47. The van der Waals surface area contributed by atoms with Crippen LogP contribution in [0.25, 0.3) is 0 Å². The molecule has 0 atom stereocenters. The van der Waals surface area contributed by atoms with Crippen LogP contribution in [0.3, 0.4) is 0 Å². The number of rotatable bonds is 2. The van der Waals surface area contributed by atoms with E-state index >= 15 is 0 Å². The van der Waals surface area contributed by atoms with Crippen molar-refractivity contribution < 1.29 is 4.39 Å². The molecule has 0 aliphatic heterocycles. The van der Waals surface area contributed by atoms with Crippen LogP contribution in [-0.2, 0) is 0 Å². The van der Waals surface area contributed by atoms with E-state index in [4.69, 9.17) is 28.5 Å². The predicted octanol–water partition coefficient (Wildman–Crippen LogP) is 5.51. The average Bonchev–Trinajstić information content (AvgIpc) is 2.34. The fourth-order valence-electron chi connectivity index (χ4n) is 1.51. The van der Waals surface area contributed by atoms with Crippen molar-refractivity contribution >= 4 is 50.5 Å². The van der Waals surface area contributed by atoms with E-state index in [-0.39, 0.29) is 10.0 Å². The first-order valence-electron chi connectivity index (χ1n) is 5.12. The molecule has 0 radical (unpaired) electrons. The first-order valence-corrected chi connectivity index (χ1v) is 6.67. The Balaban J connectivity index is 2.48. The maximum Gasteiger partial charge on any atom is 0.126 e. The summed E-state index contributed by atoms with van der Waals surface area (Å²) >= 11 is 15.2. The molecule has 96 valence electrons. The smallest absolute Gasteiger partial charge is 0.126 e. The number of nitrogens with one attached hydrogen (secondary N) is 1. The molecule has 0 fully saturated rings. The molecular formula is C13H6BrCl2FN2. The van der Waals surface area contributed by atoms with E-state index in [2.05, 4.69) is 21.2 Å². The standard InChI is InChI=1S/C13H6BrCl2FN2/c14-8-2-1-7(6-18)12(3-8)19-13-10(15)4-9(17)5-11(13)16/h1-5,19H. The first-order chi connectivity index (χ1) is 9.01. The minimum absolute atomic E-state index is 0.147. The van der Waals surface area contributed by atoms with Crippen molar-refractivity contribution in [2.75, 3.05) is 5.32 Å². The molecule has 19 heavy (non-hydrogen) atoms. The lowest BCUT2D eigenvalue weighted by molar-refractivity contribution is 0.628. The number of hydrogen-bond acceptors (Lipinski definition) is 2. The van der Waals surface area contributed by atoms with Crippen LogP contribution in [0.4, 0.5) is 15.8 Å². The van der Waals surface area contributed by atoms with Crippen LogP contribution in [0, 0.1) is 17.1 Å². The normalized spacial score (nSPS) is 10.1. The van der Waals surface area contributed by atoms with E-state index in [1.54, 1.807) is 18.2 Å². The Kier molecular flexibility index (Phi) is 4.31.